The predicted octanol–water partition coefficient (Wildman–Crippen LogP) is 3.15. The SMILES string of the molecule is CCOC(=O)C1(OC)C=Cc2ccc3ccccc3c2O1. The fourth-order valence-electron chi connectivity index (χ4n) is 2.42. The van der Waals surface area contributed by atoms with E-state index in [-0.39, 0.29) is 6.61 Å². The summed E-state index contributed by atoms with van der Waals surface area (Å²) in [4.78, 5) is 12.2. The third-order valence-electron chi connectivity index (χ3n) is 3.51. The summed E-state index contributed by atoms with van der Waals surface area (Å²) in [5, 5.41) is 1.98. The summed E-state index contributed by atoms with van der Waals surface area (Å²) in [5.41, 5.74) is 0.908. The molecule has 2 aromatic carbocycles. The molecular weight excluding hydrogens is 268 g/mol. The van der Waals surface area contributed by atoms with E-state index in [1.807, 2.05) is 42.5 Å². The van der Waals surface area contributed by atoms with Gasteiger partial charge in [-0.3, -0.25) is 0 Å². The summed E-state index contributed by atoms with van der Waals surface area (Å²) < 4.78 is 16.3. The predicted molar refractivity (Wildman–Crippen MR) is 80.0 cm³/mol. The number of esters is 1. The summed E-state index contributed by atoms with van der Waals surface area (Å²) >= 11 is 0. The Kier molecular flexibility index (Phi) is 3.39. The minimum absolute atomic E-state index is 0.267. The highest BCUT2D eigenvalue weighted by molar-refractivity contribution is 5.94. The molecule has 1 atom stereocenters. The third kappa shape index (κ3) is 2.17. The molecule has 0 N–H and O–H groups in total. The first-order chi connectivity index (χ1) is 10.2. The van der Waals surface area contributed by atoms with Crippen LogP contribution in [-0.2, 0) is 14.3 Å². The molecule has 0 fully saturated rings. The van der Waals surface area contributed by atoms with E-state index in [1.165, 1.54) is 7.11 Å². The molecule has 1 aliphatic heterocycles. The van der Waals surface area contributed by atoms with E-state index < -0.39 is 11.8 Å². The van der Waals surface area contributed by atoms with Crippen LogP contribution in [0, 0.1) is 0 Å². The van der Waals surface area contributed by atoms with Crippen LogP contribution in [0.25, 0.3) is 16.8 Å². The minimum atomic E-state index is -1.52. The summed E-state index contributed by atoms with van der Waals surface area (Å²) in [7, 11) is 1.43. The Bertz CT molecular complexity index is 720. The first-order valence-electron chi connectivity index (χ1n) is 6.82. The largest absolute Gasteiger partial charge is 0.461 e. The van der Waals surface area contributed by atoms with Crippen LogP contribution in [0.3, 0.4) is 0 Å². The van der Waals surface area contributed by atoms with Crippen molar-refractivity contribution in [1.29, 1.82) is 0 Å². The second-order valence-electron chi connectivity index (χ2n) is 4.73. The smallest absolute Gasteiger partial charge is 0.384 e. The minimum Gasteiger partial charge on any atom is -0.461 e. The molecule has 0 saturated heterocycles. The number of rotatable bonds is 3. The Morgan fingerprint density at radius 1 is 1.24 bits per heavy atom. The Balaban J connectivity index is 2.12. The maximum absolute atomic E-state index is 12.2. The second-order valence-corrected chi connectivity index (χ2v) is 4.73. The van der Waals surface area contributed by atoms with Gasteiger partial charge in [0.1, 0.15) is 5.75 Å². The molecule has 21 heavy (non-hydrogen) atoms. The van der Waals surface area contributed by atoms with Crippen molar-refractivity contribution in [3.8, 4) is 5.75 Å². The molecule has 3 rings (SSSR count). The molecule has 2 aromatic rings. The third-order valence-corrected chi connectivity index (χ3v) is 3.51. The Labute approximate surface area is 122 Å². The van der Waals surface area contributed by atoms with Gasteiger partial charge in [-0.25, -0.2) is 4.79 Å². The van der Waals surface area contributed by atoms with E-state index >= 15 is 0 Å². The highest BCUT2D eigenvalue weighted by Gasteiger charge is 2.43. The molecular formula is C17H16O4. The van der Waals surface area contributed by atoms with Crippen molar-refractivity contribution < 1.29 is 19.0 Å². The number of hydrogen-bond donors (Lipinski definition) is 0. The van der Waals surface area contributed by atoms with Crippen LogP contribution in [0.5, 0.6) is 5.75 Å². The molecule has 1 aliphatic rings. The Hall–Kier alpha value is -2.33. The number of carbonyl (C=O) groups excluding carboxylic acids is 1. The zero-order valence-electron chi connectivity index (χ0n) is 12.0. The number of benzene rings is 2. The zero-order chi connectivity index (χ0) is 14.9. The second kappa shape index (κ2) is 5.22. The van der Waals surface area contributed by atoms with Gasteiger partial charge in [0.15, 0.2) is 0 Å². The zero-order valence-corrected chi connectivity index (χ0v) is 12.0. The van der Waals surface area contributed by atoms with Gasteiger partial charge in [-0.15, -0.1) is 0 Å². The molecule has 0 radical (unpaired) electrons. The average molecular weight is 284 g/mol. The van der Waals surface area contributed by atoms with Crippen LogP contribution < -0.4 is 4.74 Å². The van der Waals surface area contributed by atoms with E-state index in [9.17, 15) is 4.79 Å². The van der Waals surface area contributed by atoms with Crippen LogP contribution >= 0.6 is 0 Å². The Morgan fingerprint density at radius 2 is 2.05 bits per heavy atom. The average Bonchev–Trinajstić information content (AvgIpc) is 2.54. The maximum Gasteiger partial charge on any atom is 0.384 e. The number of fused-ring (bicyclic) bond motifs is 3. The van der Waals surface area contributed by atoms with Gasteiger partial charge in [-0.05, 0) is 24.5 Å². The van der Waals surface area contributed by atoms with E-state index in [1.54, 1.807) is 13.0 Å². The highest BCUT2D eigenvalue weighted by Crippen LogP contribution is 2.38. The van der Waals surface area contributed by atoms with Gasteiger partial charge in [0.2, 0.25) is 0 Å². The lowest BCUT2D eigenvalue weighted by molar-refractivity contribution is -0.193. The van der Waals surface area contributed by atoms with Crippen molar-refractivity contribution in [2.24, 2.45) is 0 Å². The van der Waals surface area contributed by atoms with Crippen LogP contribution in [0.1, 0.15) is 12.5 Å². The summed E-state index contributed by atoms with van der Waals surface area (Å²) in [5.74, 6) is -1.44. The number of carbonyl (C=O) groups is 1. The normalized spacial score (nSPS) is 19.9. The molecule has 0 aromatic heterocycles. The van der Waals surface area contributed by atoms with Gasteiger partial charge in [0, 0.05) is 18.1 Å². The number of hydrogen-bond acceptors (Lipinski definition) is 4. The first-order valence-corrected chi connectivity index (χ1v) is 6.82. The lowest BCUT2D eigenvalue weighted by Gasteiger charge is -2.31. The molecule has 0 spiro atoms. The van der Waals surface area contributed by atoms with Gasteiger partial charge in [-0.2, -0.15) is 0 Å². The lowest BCUT2D eigenvalue weighted by Crippen LogP contribution is -2.47. The van der Waals surface area contributed by atoms with Crippen molar-refractivity contribution in [2.75, 3.05) is 13.7 Å². The Morgan fingerprint density at radius 3 is 2.81 bits per heavy atom. The lowest BCUT2D eigenvalue weighted by atomic mass is 10.0. The van der Waals surface area contributed by atoms with E-state index in [0.717, 1.165) is 16.3 Å². The summed E-state index contributed by atoms with van der Waals surface area (Å²) in [6.07, 6.45) is 3.41. The van der Waals surface area contributed by atoms with Crippen molar-refractivity contribution in [3.63, 3.8) is 0 Å². The highest BCUT2D eigenvalue weighted by atomic mass is 16.7. The molecule has 4 nitrogen and oxygen atoms in total. The molecule has 4 heteroatoms. The molecule has 1 unspecified atom stereocenters. The van der Waals surface area contributed by atoms with Gasteiger partial charge in [0.25, 0.3) is 0 Å². The van der Waals surface area contributed by atoms with Crippen molar-refractivity contribution >= 4 is 22.8 Å². The fraction of sp³-hybridized carbons (Fsp3) is 0.235. The quantitative estimate of drug-likeness (QED) is 0.812. The van der Waals surface area contributed by atoms with E-state index in [0.29, 0.717) is 5.75 Å². The molecule has 0 amide bonds. The fourth-order valence-corrected chi connectivity index (χ4v) is 2.42. The molecule has 1 heterocycles. The first kappa shape index (κ1) is 13.6. The van der Waals surface area contributed by atoms with Crippen molar-refractivity contribution in [2.45, 2.75) is 12.7 Å². The van der Waals surface area contributed by atoms with E-state index in [4.69, 9.17) is 14.2 Å². The van der Waals surface area contributed by atoms with Crippen LogP contribution in [0.15, 0.2) is 42.5 Å². The molecule has 108 valence electrons. The van der Waals surface area contributed by atoms with Gasteiger partial charge in [0.05, 0.1) is 6.61 Å². The number of ether oxygens (including phenoxy) is 3. The van der Waals surface area contributed by atoms with Gasteiger partial charge in [-0.1, -0.05) is 36.4 Å². The van der Waals surface area contributed by atoms with Gasteiger partial charge < -0.3 is 14.2 Å². The summed E-state index contributed by atoms with van der Waals surface area (Å²) in [6.45, 7) is 2.01. The molecule has 0 bridgehead atoms. The van der Waals surface area contributed by atoms with Crippen LogP contribution in [0.4, 0.5) is 0 Å². The molecule has 0 saturated carbocycles. The van der Waals surface area contributed by atoms with Crippen molar-refractivity contribution in [1.82, 2.24) is 0 Å². The van der Waals surface area contributed by atoms with Crippen molar-refractivity contribution in [3.05, 3.63) is 48.0 Å². The van der Waals surface area contributed by atoms with Crippen LogP contribution in [0.2, 0.25) is 0 Å². The number of methoxy groups -OCH3 is 1. The van der Waals surface area contributed by atoms with E-state index in [2.05, 4.69) is 0 Å². The molecule has 0 aliphatic carbocycles. The van der Waals surface area contributed by atoms with Gasteiger partial charge >= 0.3 is 11.8 Å². The summed E-state index contributed by atoms with van der Waals surface area (Å²) in [6, 6.07) is 11.8. The van der Waals surface area contributed by atoms with Crippen LogP contribution in [-0.4, -0.2) is 25.5 Å². The maximum atomic E-state index is 12.2. The monoisotopic (exact) mass is 284 g/mol. The topological polar surface area (TPSA) is 44.8 Å². The standard InChI is InChI=1S/C17H16O4/c1-3-20-16(18)17(19-2)11-10-13-9-8-12-6-4-5-7-14(12)15(13)21-17/h4-11H,3H2,1-2H3.